The summed E-state index contributed by atoms with van der Waals surface area (Å²) in [6, 6.07) is 0. The molecule has 0 amide bonds. The summed E-state index contributed by atoms with van der Waals surface area (Å²) in [5, 5.41) is 3.11. The molecular weight excluding hydrogens is 238 g/mol. The molecule has 4 heteroatoms. The van der Waals surface area contributed by atoms with Gasteiger partial charge in [0.05, 0.1) is 5.56 Å². The molecule has 106 valence electrons. The molecule has 1 fully saturated rings. The van der Waals surface area contributed by atoms with E-state index in [0.29, 0.717) is 6.10 Å². The minimum atomic E-state index is 0.302. The highest BCUT2D eigenvalue weighted by molar-refractivity contribution is 5.48. The van der Waals surface area contributed by atoms with Crippen LogP contribution in [0, 0.1) is 11.8 Å². The Balaban J connectivity index is 2.11. The fraction of sp³-hybridized carbons (Fsp3) is 0.733. The number of aromatic nitrogens is 2. The van der Waals surface area contributed by atoms with Crippen molar-refractivity contribution in [1.82, 2.24) is 9.97 Å². The van der Waals surface area contributed by atoms with Gasteiger partial charge >= 0.3 is 0 Å². The molecule has 0 aliphatic heterocycles. The molecule has 3 unspecified atom stereocenters. The van der Waals surface area contributed by atoms with Crippen LogP contribution in [0.15, 0.2) is 6.33 Å². The Morgan fingerprint density at radius 2 is 2.05 bits per heavy atom. The van der Waals surface area contributed by atoms with Gasteiger partial charge in [-0.15, -0.1) is 0 Å². The summed E-state index contributed by atoms with van der Waals surface area (Å²) in [5.41, 5.74) is 1.08. The molecule has 1 saturated carbocycles. The average molecular weight is 263 g/mol. The van der Waals surface area contributed by atoms with Crippen LogP contribution in [0.1, 0.15) is 45.6 Å². The first-order valence-corrected chi connectivity index (χ1v) is 7.34. The van der Waals surface area contributed by atoms with Gasteiger partial charge in [0.1, 0.15) is 18.2 Å². The topological polar surface area (TPSA) is 47.0 Å². The summed E-state index contributed by atoms with van der Waals surface area (Å²) in [5.74, 6) is 3.18. The van der Waals surface area contributed by atoms with Crippen LogP contribution in [0.4, 0.5) is 5.82 Å². The molecule has 1 aromatic rings. The van der Waals surface area contributed by atoms with E-state index in [1.165, 1.54) is 6.42 Å². The van der Waals surface area contributed by atoms with Crippen molar-refractivity contribution in [3.05, 3.63) is 11.9 Å². The van der Waals surface area contributed by atoms with Gasteiger partial charge in [0, 0.05) is 7.05 Å². The van der Waals surface area contributed by atoms with Crippen molar-refractivity contribution in [1.29, 1.82) is 0 Å². The number of ether oxygens (including phenoxy) is 1. The lowest BCUT2D eigenvalue weighted by molar-refractivity contribution is 0.0954. The lowest BCUT2D eigenvalue weighted by atomic mass is 9.80. The molecule has 1 heterocycles. The second-order valence-electron chi connectivity index (χ2n) is 5.62. The van der Waals surface area contributed by atoms with Crippen molar-refractivity contribution in [2.45, 2.75) is 52.6 Å². The monoisotopic (exact) mass is 263 g/mol. The Hall–Kier alpha value is -1.32. The molecule has 1 aromatic heterocycles. The fourth-order valence-electron chi connectivity index (χ4n) is 2.79. The number of rotatable bonds is 4. The number of anilines is 1. The molecule has 3 atom stereocenters. The Labute approximate surface area is 116 Å². The van der Waals surface area contributed by atoms with Crippen molar-refractivity contribution in [2.75, 3.05) is 12.4 Å². The summed E-state index contributed by atoms with van der Waals surface area (Å²) in [6.07, 6.45) is 6.27. The first kappa shape index (κ1) is 14.1. The third-order valence-corrected chi connectivity index (χ3v) is 4.32. The van der Waals surface area contributed by atoms with Gasteiger partial charge < -0.3 is 10.1 Å². The molecule has 1 aliphatic rings. The Morgan fingerprint density at radius 3 is 2.68 bits per heavy atom. The largest absolute Gasteiger partial charge is 0.474 e. The number of nitrogens with zero attached hydrogens (tertiary/aromatic N) is 2. The van der Waals surface area contributed by atoms with Gasteiger partial charge in [-0.2, -0.15) is 0 Å². The van der Waals surface area contributed by atoms with Crippen LogP contribution in [0.3, 0.4) is 0 Å². The van der Waals surface area contributed by atoms with Crippen LogP contribution in [0.2, 0.25) is 0 Å². The van der Waals surface area contributed by atoms with Gasteiger partial charge in [-0.3, -0.25) is 0 Å². The predicted molar refractivity (Wildman–Crippen MR) is 77.6 cm³/mol. The SMILES string of the molecule is CCc1c(NC)ncnc1OC1CCC(C)C(C)C1. The second-order valence-corrected chi connectivity index (χ2v) is 5.62. The number of nitrogens with one attached hydrogen (secondary N) is 1. The average Bonchev–Trinajstić information content (AvgIpc) is 2.42. The van der Waals surface area contributed by atoms with Crippen molar-refractivity contribution in [2.24, 2.45) is 11.8 Å². The molecule has 0 spiro atoms. The van der Waals surface area contributed by atoms with Crippen LogP contribution in [0.25, 0.3) is 0 Å². The van der Waals surface area contributed by atoms with E-state index in [1.54, 1.807) is 6.33 Å². The van der Waals surface area contributed by atoms with E-state index in [9.17, 15) is 0 Å². The minimum Gasteiger partial charge on any atom is -0.474 e. The summed E-state index contributed by atoms with van der Waals surface area (Å²) in [6.45, 7) is 6.76. The maximum Gasteiger partial charge on any atom is 0.222 e. The molecule has 1 N–H and O–H groups in total. The smallest absolute Gasteiger partial charge is 0.222 e. The van der Waals surface area contributed by atoms with E-state index in [4.69, 9.17) is 4.74 Å². The Bertz CT molecular complexity index is 422. The quantitative estimate of drug-likeness (QED) is 0.905. The molecular formula is C15H25N3O. The summed E-state index contributed by atoms with van der Waals surface area (Å²) in [7, 11) is 1.88. The van der Waals surface area contributed by atoms with Gasteiger partial charge in [0.15, 0.2) is 0 Å². The first-order valence-electron chi connectivity index (χ1n) is 7.34. The number of hydrogen-bond donors (Lipinski definition) is 1. The molecule has 19 heavy (non-hydrogen) atoms. The third kappa shape index (κ3) is 3.17. The molecule has 1 aliphatic carbocycles. The Morgan fingerprint density at radius 1 is 1.26 bits per heavy atom. The van der Waals surface area contributed by atoms with E-state index in [2.05, 4.69) is 36.1 Å². The van der Waals surface area contributed by atoms with Crippen molar-refractivity contribution < 1.29 is 4.74 Å². The maximum absolute atomic E-state index is 6.15. The van der Waals surface area contributed by atoms with Gasteiger partial charge in [-0.1, -0.05) is 20.8 Å². The van der Waals surface area contributed by atoms with Crippen LogP contribution in [-0.4, -0.2) is 23.1 Å². The van der Waals surface area contributed by atoms with Crippen molar-refractivity contribution in [3.63, 3.8) is 0 Å². The molecule has 0 bridgehead atoms. The first-order chi connectivity index (χ1) is 9.15. The highest BCUT2D eigenvalue weighted by Crippen LogP contribution is 2.33. The van der Waals surface area contributed by atoms with Crippen molar-refractivity contribution in [3.8, 4) is 5.88 Å². The third-order valence-electron chi connectivity index (χ3n) is 4.32. The zero-order chi connectivity index (χ0) is 13.8. The zero-order valence-corrected chi connectivity index (χ0v) is 12.4. The Kier molecular flexibility index (Phi) is 4.61. The van der Waals surface area contributed by atoms with E-state index in [0.717, 1.165) is 48.4 Å². The fourth-order valence-corrected chi connectivity index (χ4v) is 2.79. The van der Waals surface area contributed by atoms with Crippen LogP contribution >= 0.6 is 0 Å². The van der Waals surface area contributed by atoms with Crippen LogP contribution in [-0.2, 0) is 6.42 Å². The second kappa shape index (κ2) is 6.22. The van der Waals surface area contributed by atoms with Crippen LogP contribution in [0.5, 0.6) is 5.88 Å². The lowest BCUT2D eigenvalue weighted by Gasteiger charge is -2.32. The van der Waals surface area contributed by atoms with E-state index in [1.807, 2.05) is 7.05 Å². The normalized spacial score (nSPS) is 27.1. The van der Waals surface area contributed by atoms with Gasteiger partial charge in [0.2, 0.25) is 5.88 Å². The molecule has 4 nitrogen and oxygen atoms in total. The lowest BCUT2D eigenvalue weighted by Crippen LogP contribution is -2.29. The van der Waals surface area contributed by atoms with E-state index >= 15 is 0 Å². The predicted octanol–water partition coefficient (Wildman–Crippen LogP) is 3.28. The summed E-state index contributed by atoms with van der Waals surface area (Å²) < 4.78 is 6.15. The highest BCUT2D eigenvalue weighted by atomic mass is 16.5. The zero-order valence-electron chi connectivity index (χ0n) is 12.4. The molecule has 2 rings (SSSR count). The molecule has 0 aromatic carbocycles. The standard InChI is InChI=1S/C15H25N3O/c1-5-13-14(16-4)17-9-18-15(13)19-12-7-6-10(2)11(3)8-12/h9-12H,5-8H2,1-4H3,(H,16,17,18). The highest BCUT2D eigenvalue weighted by Gasteiger charge is 2.26. The van der Waals surface area contributed by atoms with Crippen LogP contribution < -0.4 is 10.1 Å². The van der Waals surface area contributed by atoms with Gasteiger partial charge in [-0.05, 0) is 37.5 Å². The van der Waals surface area contributed by atoms with E-state index in [-0.39, 0.29) is 0 Å². The molecule has 0 saturated heterocycles. The maximum atomic E-state index is 6.15. The van der Waals surface area contributed by atoms with Gasteiger partial charge in [-0.25, -0.2) is 9.97 Å². The number of hydrogen-bond acceptors (Lipinski definition) is 4. The summed E-state index contributed by atoms with van der Waals surface area (Å²) in [4.78, 5) is 8.57. The molecule has 0 radical (unpaired) electrons. The van der Waals surface area contributed by atoms with E-state index < -0.39 is 0 Å². The van der Waals surface area contributed by atoms with Crippen molar-refractivity contribution >= 4 is 5.82 Å². The van der Waals surface area contributed by atoms with Gasteiger partial charge in [0.25, 0.3) is 0 Å². The minimum absolute atomic E-state index is 0.302. The summed E-state index contributed by atoms with van der Waals surface area (Å²) >= 11 is 0.